The topological polar surface area (TPSA) is 52.6 Å². The molecule has 0 aliphatic rings. The Morgan fingerprint density at radius 3 is 2.60 bits per heavy atom. The van der Waals surface area contributed by atoms with E-state index >= 15 is 0 Å². The molecule has 0 atom stereocenters. The monoisotopic (exact) mass is 166 g/mol. The summed E-state index contributed by atoms with van der Waals surface area (Å²) in [6.45, 7) is 4.84. The van der Waals surface area contributed by atoms with E-state index in [2.05, 4.69) is 15.8 Å². The van der Waals surface area contributed by atoms with Gasteiger partial charge in [0, 0.05) is 0 Å². The Bertz CT molecular complexity index is 182. The zero-order valence-corrected chi connectivity index (χ0v) is 6.56. The van der Waals surface area contributed by atoms with Gasteiger partial charge in [0.1, 0.15) is 6.61 Å². The maximum Gasteiger partial charge on any atom is 0.293 e. The first kappa shape index (κ1) is 9.61. The highest BCUT2D eigenvalue weighted by Gasteiger charge is 2.06. The molecule has 0 heterocycles. The first-order valence-electron chi connectivity index (χ1n) is 2.77. The maximum absolute atomic E-state index is 10.5. The lowest BCUT2D eigenvalue weighted by atomic mass is 10.7. The van der Waals surface area contributed by atoms with E-state index in [4.69, 9.17) is 0 Å². The van der Waals surface area contributed by atoms with Gasteiger partial charge in [-0.15, -0.1) is 10.9 Å². The van der Waals surface area contributed by atoms with Gasteiger partial charge in [-0.2, -0.15) is 8.42 Å². The summed E-state index contributed by atoms with van der Waals surface area (Å²) in [5, 5.41) is 0. The Morgan fingerprint density at radius 1 is 1.60 bits per heavy atom. The molecule has 0 aliphatic heterocycles. The Labute approximate surface area is 60.5 Å². The molecule has 0 aromatic heterocycles. The van der Waals surface area contributed by atoms with Crippen LogP contribution in [-0.4, -0.2) is 20.8 Å². The highest BCUT2D eigenvalue weighted by atomic mass is 32.2. The van der Waals surface area contributed by atoms with Crippen molar-refractivity contribution in [3.05, 3.63) is 12.7 Å². The van der Waals surface area contributed by atoms with E-state index in [1.165, 1.54) is 13.0 Å². The van der Waals surface area contributed by atoms with Crippen LogP contribution in [0.15, 0.2) is 12.7 Å². The molecular weight excluding hydrogens is 156 g/mol. The van der Waals surface area contributed by atoms with Crippen LogP contribution in [0.25, 0.3) is 0 Å². The fraction of sp³-hybridized carbons (Fsp3) is 0.600. The largest absolute Gasteiger partial charge is 0.293 e. The molecule has 0 aromatic rings. The van der Waals surface area contributed by atoms with Crippen LogP contribution < -0.4 is 0 Å². The summed E-state index contributed by atoms with van der Waals surface area (Å²) < 4.78 is 25.0. The standard InChI is InChI=1S/C5H10O4S/c1-3-5-8-9-10(6,7)4-2/h3H,1,4-5H2,2H3. The smallest absolute Gasteiger partial charge is 0.216 e. The van der Waals surface area contributed by atoms with Crippen molar-refractivity contribution in [2.75, 3.05) is 12.4 Å². The van der Waals surface area contributed by atoms with Crippen molar-refractivity contribution in [2.24, 2.45) is 0 Å². The Hall–Kier alpha value is -0.390. The summed E-state index contributed by atoms with van der Waals surface area (Å²) in [6, 6.07) is 0. The molecule has 4 nitrogen and oxygen atoms in total. The summed E-state index contributed by atoms with van der Waals surface area (Å²) in [4.78, 5) is 4.23. The Morgan fingerprint density at radius 2 is 2.20 bits per heavy atom. The average Bonchev–Trinajstić information content (AvgIpc) is 1.89. The van der Waals surface area contributed by atoms with Crippen LogP contribution in [0.1, 0.15) is 6.92 Å². The van der Waals surface area contributed by atoms with Gasteiger partial charge >= 0.3 is 0 Å². The van der Waals surface area contributed by atoms with Gasteiger partial charge in [0.05, 0.1) is 5.75 Å². The van der Waals surface area contributed by atoms with E-state index in [1.54, 1.807) is 0 Å². The van der Waals surface area contributed by atoms with Crippen LogP contribution in [0.5, 0.6) is 0 Å². The van der Waals surface area contributed by atoms with Crippen LogP contribution >= 0.6 is 0 Å². The van der Waals surface area contributed by atoms with Crippen molar-refractivity contribution in [1.29, 1.82) is 0 Å². The third-order valence-corrected chi connectivity index (χ3v) is 1.70. The highest BCUT2D eigenvalue weighted by Crippen LogP contribution is 1.92. The van der Waals surface area contributed by atoms with Crippen molar-refractivity contribution in [1.82, 2.24) is 0 Å². The highest BCUT2D eigenvalue weighted by molar-refractivity contribution is 7.86. The zero-order chi connectivity index (χ0) is 8.04. The van der Waals surface area contributed by atoms with Crippen LogP contribution in [0.3, 0.4) is 0 Å². The molecular formula is C5H10O4S. The average molecular weight is 166 g/mol. The predicted molar refractivity (Wildman–Crippen MR) is 36.7 cm³/mol. The molecule has 0 fully saturated rings. The molecule has 0 N–H and O–H groups in total. The van der Waals surface area contributed by atoms with Crippen molar-refractivity contribution < 1.29 is 17.6 Å². The van der Waals surface area contributed by atoms with Crippen molar-refractivity contribution in [3.63, 3.8) is 0 Å². The third kappa shape index (κ3) is 4.49. The van der Waals surface area contributed by atoms with Gasteiger partial charge in [-0.05, 0) is 6.92 Å². The minimum Gasteiger partial charge on any atom is -0.216 e. The zero-order valence-electron chi connectivity index (χ0n) is 5.74. The van der Waals surface area contributed by atoms with Gasteiger partial charge in [-0.1, -0.05) is 6.08 Å². The molecule has 0 radical (unpaired) electrons. The lowest BCUT2D eigenvalue weighted by Crippen LogP contribution is -2.08. The number of hydrogen-bond acceptors (Lipinski definition) is 4. The van der Waals surface area contributed by atoms with Gasteiger partial charge in [0.2, 0.25) is 0 Å². The molecule has 0 bridgehead atoms. The Kier molecular flexibility index (Phi) is 4.26. The quantitative estimate of drug-likeness (QED) is 0.258. The molecule has 0 saturated heterocycles. The SMILES string of the molecule is C=CCOOS(=O)(=O)CC. The molecule has 5 heteroatoms. The summed E-state index contributed by atoms with van der Waals surface area (Å²) in [5.41, 5.74) is 0. The molecule has 60 valence electrons. The van der Waals surface area contributed by atoms with Gasteiger partial charge in [-0.3, -0.25) is 0 Å². The van der Waals surface area contributed by atoms with E-state index < -0.39 is 10.1 Å². The number of hydrogen-bond donors (Lipinski definition) is 0. The van der Waals surface area contributed by atoms with Crippen molar-refractivity contribution in [2.45, 2.75) is 6.92 Å². The van der Waals surface area contributed by atoms with Gasteiger partial charge in [0.25, 0.3) is 10.1 Å². The minimum atomic E-state index is -3.46. The molecule has 0 rings (SSSR count). The van der Waals surface area contributed by atoms with Crippen molar-refractivity contribution >= 4 is 10.1 Å². The van der Waals surface area contributed by atoms with Crippen LogP contribution in [0, 0.1) is 0 Å². The second-order valence-electron chi connectivity index (χ2n) is 1.49. The summed E-state index contributed by atoms with van der Waals surface area (Å²) in [6.07, 6.45) is 1.39. The molecule has 0 amide bonds. The molecule has 0 saturated carbocycles. The fourth-order valence-electron chi connectivity index (χ4n) is 0.197. The second-order valence-corrected chi connectivity index (χ2v) is 3.32. The molecule has 0 unspecified atom stereocenters. The lowest BCUT2D eigenvalue weighted by Gasteiger charge is -1.98. The first-order valence-corrected chi connectivity index (χ1v) is 4.34. The van der Waals surface area contributed by atoms with Crippen LogP contribution in [0.2, 0.25) is 0 Å². The van der Waals surface area contributed by atoms with E-state index in [1.807, 2.05) is 0 Å². The molecule has 10 heavy (non-hydrogen) atoms. The second kappa shape index (κ2) is 4.43. The molecule has 0 aromatic carbocycles. The third-order valence-electron chi connectivity index (χ3n) is 0.691. The van der Waals surface area contributed by atoms with E-state index in [-0.39, 0.29) is 12.4 Å². The van der Waals surface area contributed by atoms with Crippen LogP contribution in [0.4, 0.5) is 0 Å². The first-order chi connectivity index (χ1) is 4.62. The minimum absolute atomic E-state index is 0.0687. The predicted octanol–water partition coefficient (Wildman–Crippen LogP) is 0.470. The summed E-state index contributed by atoms with van der Waals surface area (Å²) in [7, 11) is -3.46. The maximum atomic E-state index is 10.5. The fourth-order valence-corrected chi connectivity index (χ4v) is 0.496. The summed E-state index contributed by atoms with van der Waals surface area (Å²) >= 11 is 0. The summed E-state index contributed by atoms with van der Waals surface area (Å²) in [5.74, 6) is -0.0931. The number of rotatable bonds is 5. The normalized spacial score (nSPS) is 11.3. The van der Waals surface area contributed by atoms with Crippen LogP contribution in [-0.2, 0) is 19.3 Å². The lowest BCUT2D eigenvalue weighted by molar-refractivity contribution is -0.189. The van der Waals surface area contributed by atoms with E-state index in [9.17, 15) is 8.42 Å². The molecule has 0 spiro atoms. The van der Waals surface area contributed by atoms with Gasteiger partial charge in [0.15, 0.2) is 0 Å². The van der Waals surface area contributed by atoms with Gasteiger partial charge < -0.3 is 0 Å². The Balaban J connectivity index is 3.58. The van der Waals surface area contributed by atoms with E-state index in [0.717, 1.165) is 0 Å². The molecule has 0 aliphatic carbocycles. The van der Waals surface area contributed by atoms with Gasteiger partial charge in [-0.25, -0.2) is 4.89 Å². The van der Waals surface area contributed by atoms with E-state index in [0.29, 0.717) is 0 Å². The van der Waals surface area contributed by atoms with Crippen molar-refractivity contribution in [3.8, 4) is 0 Å².